The van der Waals surface area contributed by atoms with Crippen LogP contribution in [-0.4, -0.2) is 76.2 Å². The van der Waals surface area contributed by atoms with Gasteiger partial charge in [0.1, 0.15) is 30.3 Å². The third-order valence-electron chi connectivity index (χ3n) is 18.2. The van der Waals surface area contributed by atoms with E-state index in [1.165, 1.54) is 36.5 Å². The normalized spacial score (nSPS) is 38.8. The zero-order valence-corrected chi connectivity index (χ0v) is 41.3. The summed E-state index contributed by atoms with van der Waals surface area (Å²) in [6.45, 7) is 20.2. The van der Waals surface area contributed by atoms with Crippen LogP contribution in [0.15, 0.2) is 48.2 Å². The van der Waals surface area contributed by atoms with E-state index in [4.69, 9.17) is 28.4 Å². The third-order valence-corrected chi connectivity index (χ3v) is 18.2. The van der Waals surface area contributed by atoms with Crippen LogP contribution in [0.4, 0.5) is 0 Å². The van der Waals surface area contributed by atoms with Crippen LogP contribution in [0.5, 0.6) is 5.75 Å². The van der Waals surface area contributed by atoms with Crippen molar-refractivity contribution < 1.29 is 52.4 Å². The Morgan fingerprint density at radius 2 is 1.58 bits per heavy atom. The average Bonchev–Trinajstić information content (AvgIpc) is 3.74. The number of fused-ring (bicyclic) bond motifs is 7. The lowest BCUT2D eigenvalue weighted by Gasteiger charge is -2.70. The molecule has 0 bridgehead atoms. The van der Waals surface area contributed by atoms with E-state index < -0.39 is 41.9 Å². The Labute approximate surface area is 395 Å². The quantitative estimate of drug-likeness (QED) is 0.126. The molecule has 1 aromatic heterocycles. The molecule has 6 aliphatic rings. The highest BCUT2D eigenvalue weighted by atomic mass is 16.6. The molecule has 13 atom stereocenters. The van der Waals surface area contributed by atoms with Crippen molar-refractivity contribution in [1.82, 2.24) is 15.0 Å². The Hall–Kier alpha value is -4.85. The molecule has 1 saturated heterocycles. The standard InChI is InChI=1S/C53H71N3O11/c1-31-45(66-33(3)58)40(65-32(2)57)27-43(64-31)56-54-29-35(55-56)30-63-47(61)50(7)23-22-49(6)24-25-52(9)37(38(49)28-50)26-39(59)46-51(8)20-19-42(48(4,5)41(51)18-21-53(46,52)10)67-44(60)17-14-34-12-15-36(62-11)16-13-34/h12-17,26,29,31,38,40-43,45-46H,18-25,27-28,30H2,1-11H3/b17-14+/t31?,38?,40?,41?,42-,43?,45?,46+,49+,50-,51-,52+,53+/m0/s1. The minimum Gasteiger partial charge on any atom is -0.497 e. The van der Waals surface area contributed by atoms with Gasteiger partial charge in [-0.1, -0.05) is 59.2 Å². The maximum atomic E-state index is 15.1. The molecule has 8 rings (SSSR count). The fraction of sp³-hybridized carbons (Fsp3) is 0.679. The maximum Gasteiger partial charge on any atom is 0.331 e. The molecule has 67 heavy (non-hydrogen) atoms. The highest BCUT2D eigenvalue weighted by molar-refractivity contribution is 5.96. The van der Waals surface area contributed by atoms with Crippen LogP contribution >= 0.6 is 0 Å². The minimum atomic E-state index is -0.781. The number of ketones is 1. The summed E-state index contributed by atoms with van der Waals surface area (Å²) < 4.78 is 34.6. The molecule has 2 aromatic rings. The van der Waals surface area contributed by atoms with E-state index in [2.05, 4.69) is 51.7 Å². The maximum absolute atomic E-state index is 15.1. The molecule has 4 saturated carbocycles. The first-order chi connectivity index (χ1) is 31.5. The lowest BCUT2D eigenvalue weighted by Crippen LogP contribution is -2.66. The fourth-order valence-electron chi connectivity index (χ4n) is 14.3. The van der Waals surface area contributed by atoms with Crippen molar-refractivity contribution in [2.24, 2.45) is 50.2 Å². The Kier molecular flexibility index (Phi) is 12.8. The Morgan fingerprint density at radius 3 is 2.27 bits per heavy atom. The lowest BCUT2D eigenvalue weighted by molar-refractivity contribution is -0.218. The van der Waals surface area contributed by atoms with Gasteiger partial charge < -0.3 is 28.4 Å². The number of aromatic nitrogens is 3. The molecule has 1 aliphatic heterocycles. The summed E-state index contributed by atoms with van der Waals surface area (Å²) >= 11 is 0. The molecule has 2 heterocycles. The van der Waals surface area contributed by atoms with Gasteiger partial charge in [0.2, 0.25) is 0 Å². The summed E-state index contributed by atoms with van der Waals surface area (Å²) in [6.07, 6.45) is 11.3. The molecule has 0 spiro atoms. The van der Waals surface area contributed by atoms with Gasteiger partial charge in [-0.3, -0.25) is 19.2 Å². The Balaban J connectivity index is 0.955. The van der Waals surface area contributed by atoms with Gasteiger partial charge in [0.25, 0.3) is 0 Å². The number of hydrogen-bond acceptors (Lipinski definition) is 13. The van der Waals surface area contributed by atoms with Gasteiger partial charge in [-0.15, -0.1) is 0 Å². The SMILES string of the molecule is COc1ccc(/C=C/C(=O)O[C@H]2CC[C@@]3(C)C(CC[C@]4(C)[C@@H]3C(=O)C=C3C5C[C@@](C)(C(=O)OCc6cnn(C7CC(OC(C)=O)C(OC(C)=O)C(C)O7)n6)CC[C@]5(C)CC[C@]34C)C2(C)C)cc1. The van der Waals surface area contributed by atoms with Crippen molar-refractivity contribution in [3.8, 4) is 5.75 Å². The van der Waals surface area contributed by atoms with E-state index >= 15 is 4.79 Å². The molecule has 5 fully saturated rings. The van der Waals surface area contributed by atoms with Crippen LogP contribution in [0.1, 0.15) is 151 Å². The zero-order chi connectivity index (χ0) is 48.5. The van der Waals surface area contributed by atoms with Gasteiger partial charge in [0.15, 0.2) is 18.1 Å². The van der Waals surface area contributed by atoms with Gasteiger partial charge >= 0.3 is 23.9 Å². The third kappa shape index (κ3) is 8.55. The van der Waals surface area contributed by atoms with E-state index in [1.54, 1.807) is 20.1 Å². The van der Waals surface area contributed by atoms with Crippen molar-refractivity contribution in [2.75, 3.05) is 7.11 Å². The first-order valence-corrected chi connectivity index (χ1v) is 24.3. The van der Waals surface area contributed by atoms with Crippen molar-refractivity contribution >= 4 is 35.7 Å². The molecule has 1 aromatic carbocycles. The predicted octanol–water partition coefficient (Wildman–Crippen LogP) is 9.11. The number of esters is 4. The van der Waals surface area contributed by atoms with Crippen molar-refractivity contribution in [2.45, 2.75) is 171 Å². The van der Waals surface area contributed by atoms with Crippen LogP contribution in [0.25, 0.3) is 6.08 Å². The van der Waals surface area contributed by atoms with Gasteiger partial charge in [-0.25, -0.2) is 4.79 Å². The van der Waals surface area contributed by atoms with E-state index in [0.717, 1.165) is 49.8 Å². The van der Waals surface area contributed by atoms with Crippen molar-refractivity contribution in [1.29, 1.82) is 0 Å². The molecule has 14 heteroatoms. The van der Waals surface area contributed by atoms with Crippen LogP contribution in [0.3, 0.4) is 0 Å². The van der Waals surface area contributed by atoms with Crippen molar-refractivity contribution in [3.63, 3.8) is 0 Å². The second-order valence-corrected chi connectivity index (χ2v) is 22.6. The molecule has 364 valence electrons. The molecule has 6 unspecified atom stereocenters. The van der Waals surface area contributed by atoms with E-state index in [-0.39, 0.29) is 81.7 Å². The molecule has 14 nitrogen and oxygen atoms in total. The van der Waals surface area contributed by atoms with Crippen LogP contribution in [0.2, 0.25) is 0 Å². The molecule has 0 amide bonds. The first kappa shape index (κ1) is 48.6. The number of methoxy groups -OCH3 is 1. The highest BCUT2D eigenvalue weighted by Crippen LogP contribution is 2.75. The second kappa shape index (κ2) is 17.6. The summed E-state index contributed by atoms with van der Waals surface area (Å²) in [6, 6.07) is 7.52. The number of allylic oxidation sites excluding steroid dienone is 2. The van der Waals surface area contributed by atoms with E-state index in [9.17, 15) is 19.2 Å². The average molecular weight is 926 g/mol. The Morgan fingerprint density at radius 1 is 0.881 bits per heavy atom. The topological polar surface area (TPSA) is 171 Å². The monoisotopic (exact) mass is 926 g/mol. The second-order valence-electron chi connectivity index (χ2n) is 22.6. The summed E-state index contributed by atoms with van der Waals surface area (Å²) in [5.41, 5.74) is 0.532. The first-order valence-electron chi connectivity index (χ1n) is 24.3. The molecule has 0 radical (unpaired) electrons. The lowest BCUT2D eigenvalue weighted by atomic mass is 9.33. The van der Waals surface area contributed by atoms with Gasteiger partial charge in [0.05, 0.1) is 24.8 Å². The largest absolute Gasteiger partial charge is 0.497 e. The minimum absolute atomic E-state index is 0.0367. The number of carbonyl (C=O) groups is 5. The summed E-state index contributed by atoms with van der Waals surface area (Å²) in [7, 11) is 1.62. The summed E-state index contributed by atoms with van der Waals surface area (Å²) in [5, 5.41) is 8.96. The fourth-order valence-corrected chi connectivity index (χ4v) is 14.3. The van der Waals surface area contributed by atoms with Crippen LogP contribution in [-0.2, 0) is 54.3 Å². The van der Waals surface area contributed by atoms with Gasteiger partial charge in [0, 0.05) is 37.7 Å². The molecule has 5 aliphatic carbocycles. The summed E-state index contributed by atoms with van der Waals surface area (Å²) in [4.78, 5) is 67.7. The highest BCUT2D eigenvalue weighted by Gasteiger charge is 2.70. The Bertz CT molecular complexity index is 2340. The number of benzene rings is 1. The molecular formula is C53H71N3O11. The number of hydrogen-bond donors (Lipinski definition) is 0. The smallest absolute Gasteiger partial charge is 0.331 e. The number of carbonyl (C=O) groups excluding carboxylic acids is 5. The van der Waals surface area contributed by atoms with E-state index in [0.29, 0.717) is 25.0 Å². The molecule has 0 N–H and O–H groups in total. The van der Waals surface area contributed by atoms with Crippen LogP contribution < -0.4 is 4.74 Å². The van der Waals surface area contributed by atoms with Gasteiger partial charge in [-0.2, -0.15) is 15.0 Å². The number of ether oxygens (including phenoxy) is 6. The number of rotatable bonds is 10. The van der Waals surface area contributed by atoms with E-state index in [1.807, 2.05) is 37.3 Å². The predicted molar refractivity (Wildman–Crippen MR) is 246 cm³/mol. The summed E-state index contributed by atoms with van der Waals surface area (Å²) in [5.74, 6) is -0.680. The number of nitrogens with zero attached hydrogens (tertiary/aromatic N) is 3. The van der Waals surface area contributed by atoms with Crippen molar-refractivity contribution in [3.05, 3.63) is 59.4 Å². The molecular weight excluding hydrogens is 855 g/mol. The van der Waals surface area contributed by atoms with Gasteiger partial charge in [-0.05, 0) is 135 Å². The van der Waals surface area contributed by atoms with Crippen LogP contribution in [0, 0.1) is 50.2 Å². The zero-order valence-electron chi connectivity index (χ0n) is 41.3.